The molecule has 1 N–H and O–H groups in total. The molecule has 0 fully saturated rings. The summed E-state index contributed by atoms with van der Waals surface area (Å²) in [5, 5.41) is 4.15. The Morgan fingerprint density at radius 1 is 1.47 bits per heavy atom. The predicted octanol–water partition coefficient (Wildman–Crippen LogP) is 4.13. The zero-order chi connectivity index (χ0) is 11.3. The Balaban J connectivity index is 2.61. The van der Waals surface area contributed by atoms with Crippen molar-refractivity contribution < 1.29 is 0 Å². The van der Waals surface area contributed by atoms with Crippen LogP contribution in [-0.4, -0.2) is 6.54 Å². The van der Waals surface area contributed by atoms with Crippen molar-refractivity contribution in [1.29, 1.82) is 0 Å². The van der Waals surface area contributed by atoms with Gasteiger partial charge in [-0.15, -0.1) is 0 Å². The number of hydrogen-bond acceptors (Lipinski definition) is 1. The monoisotopic (exact) mass is 243 g/mol. The van der Waals surface area contributed by atoms with Gasteiger partial charge >= 0.3 is 0 Å². The Bertz CT molecular complexity index is 347. The quantitative estimate of drug-likeness (QED) is 0.839. The van der Waals surface area contributed by atoms with E-state index in [0.717, 1.165) is 22.7 Å². The van der Waals surface area contributed by atoms with Crippen LogP contribution in [-0.2, 0) is 0 Å². The number of nitrogens with one attached hydrogen (secondary N) is 1. The molecule has 0 radical (unpaired) electrons. The molecule has 0 aliphatic carbocycles. The van der Waals surface area contributed by atoms with E-state index in [1.165, 1.54) is 0 Å². The number of halogens is 2. The Morgan fingerprint density at radius 3 is 2.73 bits per heavy atom. The summed E-state index contributed by atoms with van der Waals surface area (Å²) < 4.78 is 0. The third kappa shape index (κ3) is 3.86. The molecule has 0 spiro atoms. The minimum atomic E-state index is 0.227. The van der Waals surface area contributed by atoms with Crippen LogP contribution in [0.15, 0.2) is 35.4 Å². The summed E-state index contributed by atoms with van der Waals surface area (Å²) >= 11 is 11.7. The summed E-state index contributed by atoms with van der Waals surface area (Å²) in [5.74, 6) is 0. The zero-order valence-corrected chi connectivity index (χ0v) is 10.4. The van der Waals surface area contributed by atoms with Crippen LogP contribution in [0, 0.1) is 0 Å². The molecule has 0 aliphatic heterocycles. The Labute approximate surface area is 101 Å². The summed E-state index contributed by atoms with van der Waals surface area (Å²) in [6, 6.07) is 8.08. The van der Waals surface area contributed by atoms with Crippen molar-refractivity contribution >= 4 is 23.2 Å². The molecule has 0 aliphatic rings. The molecule has 1 aromatic carbocycles. The van der Waals surface area contributed by atoms with Gasteiger partial charge in [0.15, 0.2) is 0 Å². The maximum absolute atomic E-state index is 6.09. The first kappa shape index (κ1) is 12.6. The van der Waals surface area contributed by atoms with Crippen LogP contribution in [0.4, 0.5) is 0 Å². The Hall–Kier alpha value is -0.500. The van der Waals surface area contributed by atoms with E-state index < -0.39 is 0 Å². The average Bonchev–Trinajstić information content (AvgIpc) is 2.26. The van der Waals surface area contributed by atoms with Gasteiger partial charge in [0, 0.05) is 23.1 Å². The molecule has 1 unspecified atom stereocenters. The molecular formula is C12H15Cl2N. The first-order chi connectivity index (χ1) is 7.15. The first-order valence-corrected chi connectivity index (χ1v) is 5.70. The van der Waals surface area contributed by atoms with Crippen molar-refractivity contribution in [3.63, 3.8) is 0 Å². The van der Waals surface area contributed by atoms with Crippen molar-refractivity contribution in [3.05, 3.63) is 46.0 Å². The number of hydrogen-bond donors (Lipinski definition) is 1. The minimum Gasteiger partial charge on any atom is -0.306 e. The van der Waals surface area contributed by atoms with Gasteiger partial charge in [0.25, 0.3) is 0 Å². The molecule has 3 heteroatoms. The minimum absolute atomic E-state index is 0.227. The normalized spacial score (nSPS) is 14.0. The van der Waals surface area contributed by atoms with Gasteiger partial charge in [-0.05, 0) is 31.1 Å². The van der Waals surface area contributed by atoms with E-state index in [0.29, 0.717) is 0 Å². The van der Waals surface area contributed by atoms with Gasteiger partial charge in [-0.25, -0.2) is 0 Å². The summed E-state index contributed by atoms with van der Waals surface area (Å²) in [7, 11) is 0. The second-order valence-corrected chi connectivity index (χ2v) is 4.20. The van der Waals surface area contributed by atoms with E-state index in [1.807, 2.05) is 31.2 Å². The molecule has 0 aromatic heterocycles. The molecule has 0 bridgehead atoms. The fourth-order valence-electron chi connectivity index (χ4n) is 1.29. The number of rotatable bonds is 4. The molecule has 1 rings (SSSR count). The summed E-state index contributed by atoms with van der Waals surface area (Å²) in [5.41, 5.74) is 3.81. The van der Waals surface area contributed by atoms with Gasteiger partial charge in [-0.1, -0.05) is 41.4 Å². The largest absolute Gasteiger partial charge is 0.306 e. The van der Waals surface area contributed by atoms with Crippen molar-refractivity contribution in [3.8, 4) is 0 Å². The zero-order valence-electron chi connectivity index (χ0n) is 8.93. The standard InChI is InChI=1S/C12H15Cl2N/c1-9(7-13)8-15-10(2)11-5-3-4-6-12(11)14/h3-7,10,15H,8H2,1-2H3/b9-7+. The lowest BCUT2D eigenvalue weighted by atomic mass is 10.1. The van der Waals surface area contributed by atoms with Crippen LogP contribution in [0.2, 0.25) is 5.02 Å². The van der Waals surface area contributed by atoms with Crippen molar-refractivity contribution in [2.24, 2.45) is 0 Å². The lowest BCUT2D eigenvalue weighted by molar-refractivity contribution is 0.607. The number of benzene rings is 1. The highest BCUT2D eigenvalue weighted by Crippen LogP contribution is 2.22. The van der Waals surface area contributed by atoms with E-state index in [2.05, 4.69) is 12.2 Å². The summed E-state index contributed by atoms with van der Waals surface area (Å²) in [6.07, 6.45) is 0. The van der Waals surface area contributed by atoms with E-state index in [-0.39, 0.29) is 6.04 Å². The first-order valence-electron chi connectivity index (χ1n) is 4.89. The lowest BCUT2D eigenvalue weighted by Crippen LogP contribution is -2.20. The van der Waals surface area contributed by atoms with E-state index >= 15 is 0 Å². The molecule has 0 heterocycles. The van der Waals surface area contributed by atoms with Crippen LogP contribution < -0.4 is 5.32 Å². The molecule has 1 atom stereocenters. The van der Waals surface area contributed by atoms with Gasteiger partial charge in [-0.2, -0.15) is 0 Å². The lowest BCUT2D eigenvalue weighted by Gasteiger charge is -2.15. The fraction of sp³-hybridized carbons (Fsp3) is 0.333. The summed E-state index contributed by atoms with van der Waals surface area (Å²) in [6.45, 7) is 4.85. The van der Waals surface area contributed by atoms with E-state index in [9.17, 15) is 0 Å². The average molecular weight is 244 g/mol. The molecule has 1 nitrogen and oxygen atoms in total. The van der Waals surface area contributed by atoms with Crippen molar-refractivity contribution in [1.82, 2.24) is 5.32 Å². The SMILES string of the molecule is C/C(=C\Cl)CNC(C)c1ccccc1Cl. The molecule has 15 heavy (non-hydrogen) atoms. The van der Waals surface area contributed by atoms with Gasteiger partial charge in [0.1, 0.15) is 0 Å². The van der Waals surface area contributed by atoms with Crippen LogP contribution in [0.25, 0.3) is 0 Å². The molecular weight excluding hydrogens is 229 g/mol. The Kier molecular flexibility index (Phi) is 5.16. The molecule has 1 aromatic rings. The fourth-order valence-corrected chi connectivity index (χ4v) is 1.67. The predicted molar refractivity (Wildman–Crippen MR) is 67.5 cm³/mol. The van der Waals surface area contributed by atoms with Crippen LogP contribution in [0.1, 0.15) is 25.5 Å². The molecule has 0 saturated heterocycles. The maximum Gasteiger partial charge on any atom is 0.0453 e. The highest BCUT2D eigenvalue weighted by molar-refractivity contribution is 6.31. The maximum atomic E-state index is 6.09. The smallest absolute Gasteiger partial charge is 0.0453 e. The molecule has 82 valence electrons. The van der Waals surface area contributed by atoms with Crippen LogP contribution >= 0.6 is 23.2 Å². The van der Waals surface area contributed by atoms with Gasteiger partial charge in [-0.3, -0.25) is 0 Å². The van der Waals surface area contributed by atoms with E-state index in [1.54, 1.807) is 5.54 Å². The molecule has 0 amide bonds. The third-order valence-corrected chi connectivity index (χ3v) is 2.96. The second-order valence-electron chi connectivity index (χ2n) is 3.58. The third-order valence-electron chi connectivity index (χ3n) is 2.25. The van der Waals surface area contributed by atoms with Crippen molar-refractivity contribution in [2.45, 2.75) is 19.9 Å². The Morgan fingerprint density at radius 2 is 2.13 bits per heavy atom. The summed E-state index contributed by atoms with van der Waals surface area (Å²) in [4.78, 5) is 0. The van der Waals surface area contributed by atoms with Gasteiger partial charge < -0.3 is 5.32 Å². The van der Waals surface area contributed by atoms with Crippen LogP contribution in [0.5, 0.6) is 0 Å². The van der Waals surface area contributed by atoms with E-state index in [4.69, 9.17) is 23.2 Å². The van der Waals surface area contributed by atoms with Gasteiger partial charge in [0.05, 0.1) is 0 Å². The van der Waals surface area contributed by atoms with Crippen LogP contribution in [0.3, 0.4) is 0 Å². The van der Waals surface area contributed by atoms with Crippen molar-refractivity contribution in [2.75, 3.05) is 6.54 Å². The topological polar surface area (TPSA) is 12.0 Å². The molecule has 0 saturated carbocycles. The highest BCUT2D eigenvalue weighted by atomic mass is 35.5. The highest BCUT2D eigenvalue weighted by Gasteiger charge is 2.07. The van der Waals surface area contributed by atoms with Gasteiger partial charge in [0.2, 0.25) is 0 Å². The second kappa shape index (κ2) is 6.16.